The monoisotopic (exact) mass is 482 g/mol. The maximum absolute atomic E-state index is 11.3. The highest BCUT2D eigenvalue weighted by Gasteiger charge is 2.17. The zero-order valence-electron chi connectivity index (χ0n) is 18.6. The highest BCUT2D eigenvalue weighted by atomic mass is 32.3. The minimum absolute atomic E-state index is 0.0277. The van der Waals surface area contributed by atoms with Crippen molar-refractivity contribution in [1.82, 2.24) is 4.90 Å². The Bertz CT molecular complexity index is 964. The van der Waals surface area contributed by atoms with Crippen LogP contribution < -0.4 is 9.47 Å². The molecule has 0 radical (unpaired) electrons. The summed E-state index contributed by atoms with van der Waals surface area (Å²) >= 11 is 0. The van der Waals surface area contributed by atoms with Gasteiger partial charge in [0.25, 0.3) is 0 Å². The van der Waals surface area contributed by atoms with Crippen LogP contribution in [0.3, 0.4) is 0 Å². The second kappa shape index (κ2) is 13.7. The van der Waals surface area contributed by atoms with Crippen LogP contribution in [0.4, 0.5) is 5.69 Å². The number of ether oxygens (including phenoxy) is 2. The van der Waals surface area contributed by atoms with Crippen molar-refractivity contribution in [2.45, 2.75) is 32.3 Å². The van der Waals surface area contributed by atoms with E-state index in [9.17, 15) is 18.5 Å². The van der Waals surface area contributed by atoms with Crippen LogP contribution in [0.1, 0.15) is 31.2 Å². The fourth-order valence-corrected chi connectivity index (χ4v) is 3.24. The maximum atomic E-state index is 11.3. The second-order valence-electron chi connectivity index (χ2n) is 7.36. The van der Waals surface area contributed by atoms with Gasteiger partial charge >= 0.3 is 16.1 Å². The molecule has 3 rings (SSSR count). The summed E-state index contributed by atoms with van der Waals surface area (Å²) in [6.45, 7) is 4.12. The quantitative estimate of drug-likeness (QED) is 0.232. The van der Waals surface area contributed by atoms with Crippen molar-refractivity contribution >= 4 is 16.1 Å². The molecular weight excluding hydrogens is 452 g/mol. The molecule has 33 heavy (non-hydrogen) atoms. The first kappa shape index (κ1) is 26.5. The summed E-state index contributed by atoms with van der Waals surface area (Å²) in [5, 5.41) is 11.3. The molecule has 0 saturated carbocycles. The second-order valence-corrected chi connectivity index (χ2v) is 8.55. The number of rotatable bonds is 10. The predicted octanol–water partition coefficient (Wildman–Crippen LogP) is 3.86. The fourth-order valence-electron chi connectivity index (χ4n) is 3.24. The Morgan fingerprint density at radius 1 is 1.06 bits per heavy atom. The van der Waals surface area contributed by atoms with Gasteiger partial charge in [-0.1, -0.05) is 36.8 Å². The van der Waals surface area contributed by atoms with Crippen molar-refractivity contribution in [2.75, 3.05) is 33.4 Å². The van der Waals surface area contributed by atoms with Gasteiger partial charge in [0, 0.05) is 18.7 Å². The molecule has 10 nitrogen and oxygen atoms in total. The van der Waals surface area contributed by atoms with E-state index in [0.717, 1.165) is 38.7 Å². The summed E-state index contributed by atoms with van der Waals surface area (Å²) in [7, 11) is -3.29. The number of nitro benzene ring substituents is 1. The average Bonchev–Trinajstić information content (AvgIpc) is 2.82. The van der Waals surface area contributed by atoms with Crippen molar-refractivity contribution in [3.63, 3.8) is 0 Å². The lowest BCUT2D eigenvalue weighted by Gasteiger charge is -2.26. The molecule has 0 amide bonds. The van der Waals surface area contributed by atoms with Crippen LogP contribution in [-0.4, -0.2) is 56.1 Å². The van der Waals surface area contributed by atoms with Gasteiger partial charge in [-0.3, -0.25) is 18.9 Å². The molecule has 1 aliphatic heterocycles. The molecule has 0 unspecified atom stereocenters. The number of piperidine rings is 1. The number of nitrogens with zero attached hydrogens (tertiary/aromatic N) is 2. The zero-order chi connectivity index (χ0) is 24.1. The normalized spacial score (nSPS) is 14.1. The van der Waals surface area contributed by atoms with Gasteiger partial charge in [-0.25, -0.2) is 0 Å². The van der Waals surface area contributed by atoms with Gasteiger partial charge in [-0.05, 0) is 44.0 Å². The zero-order valence-corrected chi connectivity index (χ0v) is 19.4. The third-order valence-electron chi connectivity index (χ3n) is 4.91. The van der Waals surface area contributed by atoms with Gasteiger partial charge in [0.1, 0.15) is 12.4 Å². The molecule has 2 aromatic carbocycles. The topological polar surface area (TPSA) is 128 Å². The van der Waals surface area contributed by atoms with Crippen molar-refractivity contribution < 1.29 is 31.6 Å². The lowest BCUT2D eigenvalue weighted by molar-refractivity contribution is -0.385. The number of nitro groups is 1. The Kier molecular flexibility index (Phi) is 11.0. The van der Waals surface area contributed by atoms with Gasteiger partial charge in [-0.2, -0.15) is 8.42 Å². The number of likely N-dealkylation sites (tertiary alicyclic amines) is 1. The Balaban J connectivity index is 0.000000569. The molecule has 0 bridgehead atoms. The van der Waals surface area contributed by atoms with Crippen LogP contribution in [0.25, 0.3) is 0 Å². The smallest absolute Gasteiger partial charge is 0.397 e. The molecule has 1 N–H and O–H groups in total. The predicted molar refractivity (Wildman–Crippen MR) is 123 cm³/mol. The molecule has 0 atom stereocenters. The first-order valence-electron chi connectivity index (χ1n) is 10.6. The van der Waals surface area contributed by atoms with E-state index in [1.807, 2.05) is 30.3 Å². The van der Waals surface area contributed by atoms with E-state index in [2.05, 4.69) is 9.08 Å². The van der Waals surface area contributed by atoms with E-state index in [0.29, 0.717) is 19.0 Å². The Morgan fingerprint density at radius 3 is 2.33 bits per heavy atom. The summed E-state index contributed by atoms with van der Waals surface area (Å²) in [5.74, 6) is 0.833. The number of benzene rings is 2. The van der Waals surface area contributed by atoms with Crippen LogP contribution in [0.15, 0.2) is 48.5 Å². The Hall–Kier alpha value is -2.73. The molecule has 0 aromatic heterocycles. The number of hydrogen-bond donors (Lipinski definition) is 1. The SMILES string of the molecule is COS(=O)(=O)O.O=[N+]([O-])c1ccc(OCc2ccccc2)cc1OCCCN1CCCCC1. The lowest BCUT2D eigenvalue weighted by atomic mass is 10.1. The third-order valence-corrected chi connectivity index (χ3v) is 5.33. The van der Waals surface area contributed by atoms with Crippen molar-refractivity contribution in [1.29, 1.82) is 0 Å². The highest BCUT2D eigenvalue weighted by Crippen LogP contribution is 2.31. The van der Waals surface area contributed by atoms with E-state index in [1.165, 1.54) is 25.3 Å². The summed E-state index contributed by atoms with van der Waals surface area (Å²) in [5.41, 5.74) is 1.01. The first-order valence-corrected chi connectivity index (χ1v) is 12.0. The van der Waals surface area contributed by atoms with E-state index < -0.39 is 15.3 Å². The molecule has 1 saturated heterocycles. The van der Waals surface area contributed by atoms with Crippen molar-refractivity contribution in [3.05, 3.63) is 64.2 Å². The largest absolute Gasteiger partial charge is 0.489 e. The van der Waals surface area contributed by atoms with E-state index in [4.69, 9.17) is 14.0 Å². The van der Waals surface area contributed by atoms with Gasteiger partial charge in [0.15, 0.2) is 0 Å². The molecule has 1 fully saturated rings. The molecule has 0 aliphatic carbocycles. The van der Waals surface area contributed by atoms with Crippen LogP contribution in [-0.2, 0) is 21.2 Å². The number of hydrogen-bond acceptors (Lipinski definition) is 8. The highest BCUT2D eigenvalue weighted by molar-refractivity contribution is 7.80. The van der Waals surface area contributed by atoms with E-state index in [-0.39, 0.29) is 11.4 Å². The minimum Gasteiger partial charge on any atom is -0.489 e. The molecule has 182 valence electrons. The summed E-state index contributed by atoms with van der Waals surface area (Å²) in [4.78, 5) is 13.3. The summed E-state index contributed by atoms with van der Waals surface area (Å²) < 4.78 is 41.2. The van der Waals surface area contributed by atoms with Crippen molar-refractivity contribution in [3.8, 4) is 11.5 Å². The molecule has 2 aromatic rings. The summed E-state index contributed by atoms with van der Waals surface area (Å²) in [6.07, 6.45) is 4.68. The molecule has 11 heteroatoms. The van der Waals surface area contributed by atoms with Gasteiger partial charge in [0.2, 0.25) is 5.75 Å². The first-order chi connectivity index (χ1) is 15.8. The summed E-state index contributed by atoms with van der Waals surface area (Å²) in [6, 6.07) is 14.5. The van der Waals surface area contributed by atoms with Crippen molar-refractivity contribution in [2.24, 2.45) is 0 Å². The van der Waals surface area contributed by atoms with E-state index >= 15 is 0 Å². The van der Waals surface area contributed by atoms with Gasteiger partial charge in [-0.15, -0.1) is 0 Å². The molecule has 0 spiro atoms. The van der Waals surface area contributed by atoms with Crippen LogP contribution in [0.5, 0.6) is 11.5 Å². The molecule has 1 heterocycles. The minimum atomic E-state index is -4.16. The third kappa shape index (κ3) is 10.6. The van der Waals surface area contributed by atoms with Gasteiger partial charge in [0.05, 0.1) is 18.6 Å². The Morgan fingerprint density at radius 2 is 1.73 bits per heavy atom. The standard InChI is InChI=1S/C21H26N2O4.CH4O4S/c24-23(25)20-11-10-19(27-17-18-8-3-1-4-9-18)16-21(20)26-15-7-14-22-12-5-2-6-13-22;1-5-6(2,3)4/h1,3-4,8-11,16H,2,5-7,12-15,17H2;1H3,(H,2,3,4). The Labute approximate surface area is 194 Å². The maximum Gasteiger partial charge on any atom is 0.397 e. The lowest BCUT2D eigenvalue weighted by Crippen LogP contribution is -2.31. The van der Waals surface area contributed by atoms with E-state index in [1.54, 1.807) is 12.1 Å². The molecular formula is C22H30N2O8S. The van der Waals surface area contributed by atoms with Gasteiger partial charge < -0.3 is 14.4 Å². The average molecular weight is 483 g/mol. The van der Waals surface area contributed by atoms with Crippen LogP contribution in [0.2, 0.25) is 0 Å². The van der Waals surface area contributed by atoms with Crippen LogP contribution >= 0.6 is 0 Å². The molecule has 1 aliphatic rings. The van der Waals surface area contributed by atoms with Crippen LogP contribution in [0, 0.1) is 10.1 Å². The fraction of sp³-hybridized carbons (Fsp3) is 0.455.